The normalized spacial score (nSPS) is 31.9. The van der Waals surface area contributed by atoms with E-state index in [4.69, 9.17) is 9.47 Å². The zero-order chi connectivity index (χ0) is 16.4. The molecule has 3 rings (SSSR count). The lowest BCUT2D eigenvalue weighted by Crippen LogP contribution is -2.50. The number of esters is 1. The van der Waals surface area contributed by atoms with Crippen LogP contribution in [0.4, 0.5) is 0 Å². The first-order valence-electron chi connectivity index (χ1n) is 7.60. The third-order valence-corrected chi connectivity index (χ3v) is 4.39. The number of rotatable bonds is 2. The number of allylic oxidation sites excluding steroid dienone is 1. The molecule has 0 N–H and O–H groups in total. The maximum atomic E-state index is 12.7. The first kappa shape index (κ1) is 15.6. The van der Waals surface area contributed by atoms with Crippen molar-refractivity contribution >= 4 is 17.5 Å². The summed E-state index contributed by atoms with van der Waals surface area (Å²) in [6.45, 7) is 0. The van der Waals surface area contributed by atoms with Gasteiger partial charge in [-0.05, 0) is 5.56 Å². The van der Waals surface area contributed by atoms with Gasteiger partial charge in [0.1, 0.15) is 5.78 Å². The summed E-state index contributed by atoms with van der Waals surface area (Å²) >= 11 is 0. The van der Waals surface area contributed by atoms with E-state index in [0.29, 0.717) is 0 Å². The van der Waals surface area contributed by atoms with Crippen LogP contribution in [0.2, 0.25) is 0 Å². The molecule has 1 aromatic rings. The van der Waals surface area contributed by atoms with Crippen molar-refractivity contribution in [3.8, 4) is 0 Å². The first-order valence-corrected chi connectivity index (χ1v) is 7.60. The summed E-state index contributed by atoms with van der Waals surface area (Å²) in [5.74, 6) is -1.66. The first-order chi connectivity index (χ1) is 11.1. The molecule has 0 saturated carbocycles. The molecule has 2 heterocycles. The number of carbonyl (C=O) groups is 3. The second kappa shape index (κ2) is 6.08. The predicted molar refractivity (Wildman–Crippen MR) is 81.8 cm³/mol. The Bertz CT molecular complexity index is 663. The number of Topliss-reactive ketones (excluding diaryl/α,β-unsaturated/α-hetero) is 2. The van der Waals surface area contributed by atoms with Crippen molar-refractivity contribution in [1.29, 1.82) is 0 Å². The number of methoxy groups -OCH3 is 1. The highest BCUT2D eigenvalue weighted by atomic mass is 16.6. The molecule has 1 fully saturated rings. The summed E-state index contributed by atoms with van der Waals surface area (Å²) in [5, 5.41) is 0. The maximum absolute atomic E-state index is 12.7. The van der Waals surface area contributed by atoms with E-state index in [-0.39, 0.29) is 30.8 Å². The van der Waals surface area contributed by atoms with Crippen molar-refractivity contribution in [3.05, 3.63) is 48.0 Å². The minimum atomic E-state index is -1.71. The minimum absolute atomic E-state index is 0.00609. The van der Waals surface area contributed by atoms with E-state index in [9.17, 15) is 14.4 Å². The Hall–Kier alpha value is -2.27. The Morgan fingerprint density at radius 3 is 2.65 bits per heavy atom. The Labute approximate surface area is 134 Å². The molecule has 0 amide bonds. The third-order valence-electron chi connectivity index (χ3n) is 4.39. The van der Waals surface area contributed by atoms with Gasteiger partial charge in [-0.2, -0.15) is 0 Å². The van der Waals surface area contributed by atoms with Gasteiger partial charge in [0.25, 0.3) is 0 Å². The van der Waals surface area contributed by atoms with Crippen LogP contribution in [0, 0.1) is 0 Å². The number of ketones is 2. The van der Waals surface area contributed by atoms with Crippen molar-refractivity contribution in [2.45, 2.75) is 36.9 Å². The third kappa shape index (κ3) is 2.61. The molecule has 3 atom stereocenters. The number of fused-ring (bicyclic) bond motifs is 2. The van der Waals surface area contributed by atoms with E-state index in [1.54, 1.807) is 12.2 Å². The Morgan fingerprint density at radius 2 is 1.96 bits per heavy atom. The molecule has 0 aromatic heterocycles. The van der Waals surface area contributed by atoms with Gasteiger partial charge in [-0.25, -0.2) is 4.79 Å². The summed E-state index contributed by atoms with van der Waals surface area (Å²) in [7, 11) is 1.24. The van der Waals surface area contributed by atoms with Gasteiger partial charge < -0.3 is 9.47 Å². The van der Waals surface area contributed by atoms with Crippen LogP contribution in [-0.4, -0.2) is 36.4 Å². The Morgan fingerprint density at radius 1 is 1.22 bits per heavy atom. The van der Waals surface area contributed by atoms with Gasteiger partial charge in [0.2, 0.25) is 5.60 Å². The average Bonchev–Trinajstić information content (AvgIpc) is 2.90. The number of carbonyl (C=O) groups excluding carboxylic acids is 3. The molecular formula is C18H18O5. The van der Waals surface area contributed by atoms with E-state index in [1.165, 1.54) is 7.11 Å². The fourth-order valence-electron chi connectivity index (χ4n) is 3.34. The zero-order valence-corrected chi connectivity index (χ0v) is 12.9. The highest BCUT2D eigenvalue weighted by Crippen LogP contribution is 2.43. The number of hydrogen-bond donors (Lipinski definition) is 0. The second-order valence-corrected chi connectivity index (χ2v) is 5.86. The molecule has 2 aliphatic heterocycles. The zero-order valence-electron chi connectivity index (χ0n) is 12.9. The van der Waals surface area contributed by atoms with Gasteiger partial charge in [0, 0.05) is 25.2 Å². The van der Waals surface area contributed by atoms with Crippen LogP contribution in [0.5, 0.6) is 0 Å². The molecule has 0 spiro atoms. The van der Waals surface area contributed by atoms with Crippen LogP contribution in [-0.2, 0) is 23.9 Å². The van der Waals surface area contributed by atoms with E-state index >= 15 is 0 Å². The highest BCUT2D eigenvalue weighted by molar-refractivity contribution is 6.10. The maximum Gasteiger partial charge on any atom is 0.346 e. The van der Waals surface area contributed by atoms with Crippen molar-refractivity contribution in [2.24, 2.45) is 0 Å². The van der Waals surface area contributed by atoms with Gasteiger partial charge in [0.15, 0.2) is 5.78 Å². The summed E-state index contributed by atoms with van der Waals surface area (Å²) < 4.78 is 10.8. The molecule has 0 radical (unpaired) electrons. The van der Waals surface area contributed by atoms with Crippen molar-refractivity contribution in [1.82, 2.24) is 0 Å². The van der Waals surface area contributed by atoms with Gasteiger partial charge in [0.05, 0.1) is 13.2 Å². The van der Waals surface area contributed by atoms with Crippen LogP contribution >= 0.6 is 0 Å². The van der Waals surface area contributed by atoms with Crippen molar-refractivity contribution < 1.29 is 23.9 Å². The predicted octanol–water partition coefficient (Wildman–Crippen LogP) is 1.96. The van der Waals surface area contributed by atoms with Crippen LogP contribution in [0.15, 0.2) is 42.5 Å². The number of benzene rings is 1. The van der Waals surface area contributed by atoms with Gasteiger partial charge in [-0.1, -0.05) is 42.5 Å². The molecule has 1 unspecified atom stereocenters. The van der Waals surface area contributed by atoms with E-state index in [1.807, 2.05) is 30.3 Å². The van der Waals surface area contributed by atoms with Crippen LogP contribution in [0.1, 0.15) is 30.7 Å². The lowest BCUT2D eigenvalue weighted by Gasteiger charge is -2.31. The smallest absolute Gasteiger partial charge is 0.346 e. The highest BCUT2D eigenvalue weighted by Gasteiger charge is 2.59. The largest absolute Gasteiger partial charge is 0.467 e. The molecule has 5 nitrogen and oxygen atoms in total. The molecule has 23 heavy (non-hydrogen) atoms. The van der Waals surface area contributed by atoms with Gasteiger partial charge in [-0.3, -0.25) is 9.59 Å². The number of ether oxygens (including phenoxy) is 2. The average molecular weight is 314 g/mol. The summed E-state index contributed by atoms with van der Waals surface area (Å²) in [6.07, 6.45) is 3.32. The molecule has 1 saturated heterocycles. The topological polar surface area (TPSA) is 69.7 Å². The molecular weight excluding hydrogens is 296 g/mol. The molecule has 2 bridgehead atoms. The fraction of sp³-hybridized carbons (Fsp3) is 0.389. The fourth-order valence-corrected chi connectivity index (χ4v) is 3.34. The second-order valence-electron chi connectivity index (χ2n) is 5.86. The van der Waals surface area contributed by atoms with Crippen molar-refractivity contribution in [3.63, 3.8) is 0 Å². The van der Waals surface area contributed by atoms with E-state index in [2.05, 4.69) is 0 Å². The van der Waals surface area contributed by atoms with Gasteiger partial charge >= 0.3 is 5.97 Å². The minimum Gasteiger partial charge on any atom is -0.467 e. The Balaban J connectivity index is 2.16. The quantitative estimate of drug-likeness (QED) is 0.474. The van der Waals surface area contributed by atoms with Crippen LogP contribution in [0.25, 0.3) is 0 Å². The summed E-state index contributed by atoms with van der Waals surface area (Å²) in [6, 6.07) is 9.20. The molecule has 1 aromatic carbocycles. The molecule has 5 heteroatoms. The summed E-state index contributed by atoms with van der Waals surface area (Å²) in [5.41, 5.74) is -0.931. The lowest BCUT2D eigenvalue weighted by molar-refractivity contribution is -0.173. The van der Waals surface area contributed by atoms with Gasteiger partial charge in [-0.15, -0.1) is 0 Å². The molecule has 2 aliphatic rings. The monoisotopic (exact) mass is 314 g/mol. The van der Waals surface area contributed by atoms with Crippen molar-refractivity contribution in [2.75, 3.05) is 7.11 Å². The van der Waals surface area contributed by atoms with Crippen LogP contribution in [0.3, 0.4) is 0 Å². The molecule has 0 aliphatic carbocycles. The standard InChI is InChI=1S/C18H18O5/c1-22-17(21)18-15(12-6-3-2-4-7-12)9-5-8-13(19)10-14(23-18)11-16(18)20/h2-7,9,14-15H,8,10-11H2,1H3/b9-5+/t14?,15-,18+/m1/s1. The molecule has 120 valence electrons. The van der Waals surface area contributed by atoms with E-state index < -0.39 is 23.6 Å². The number of hydrogen-bond acceptors (Lipinski definition) is 5. The Kier molecular flexibility index (Phi) is 4.13. The summed E-state index contributed by atoms with van der Waals surface area (Å²) in [4.78, 5) is 37.1. The van der Waals surface area contributed by atoms with E-state index in [0.717, 1.165) is 5.56 Å². The lowest BCUT2D eigenvalue weighted by atomic mass is 9.78. The SMILES string of the molecule is COC(=O)[C@]12OC(CC(=O)C/C=C/[C@@H]1c1ccccc1)CC2=O. The van der Waals surface area contributed by atoms with Crippen LogP contribution < -0.4 is 0 Å².